The van der Waals surface area contributed by atoms with Crippen molar-refractivity contribution in [1.82, 2.24) is 20.2 Å². The molecule has 0 saturated carbocycles. The Labute approximate surface area is 71.7 Å². The van der Waals surface area contributed by atoms with Crippen LogP contribution in [0.25, 0.3) is 0 Å². The van der Waals surface area contributed by atoms with E-state index in [-0.39, 0.29) is 5.54 Å². The van der Waals surface area contributed by atoms with Crippen molar-refractivity contribution in [2.24, 2.45) is 0 Å². The van der Waals surface area contributed by atoms with E-state index in [4.69, 9.17) is 4.74 Å². The molecule has 0 aromatic carbocycles. The second-order valence-electron chi connectivity index (χ2n) is 3.60. The number of hydrogen-bond acceptors (Lipinski definition) is 4. The van der Waals surface area contributed by atoms with Gasteiger partial charge in [-0.1, -0.05) is 0 Å². The zero-order chi connectivity index (χ0) is 9.19. The summed E-state index contributed by atoms with van der Waals surface area (Å²) in [4.78, 5) is 1.58. The fourth-order valence-corrected chi connectivity index (χ4v) is 0.714. The van der Waals surface area contributed by atoms with Gasteiger partial charge in [-0.2, -0.15) is 4.80 Å². The van der Waals surface area contributed by atoms with Gasteiger partial charge in [0.25, 0.3) is 0 Å². The topological polar surface area (TPSA) is 52.8 Å². The third-order valence-electron chi connectivity index (χ3n) is 1.33. The maximum absolute atomic E-state index is 4.88. The summed E-state index contributed by atoms with van der Waals surface area (Å²) in [6.45, 7) is 6.47. The van der Waals surface area contributed by atoms with Crippen molar-refractivity contribution in [2.75, 3.05) is 7.11 Å². The molecule has 12 heavy (non-hydrogen) atoms. The van der Waals surface area contributed by atoms with Crippen LogP contribution in [-0.4, -0.2) is 27.3 Å². The Bertz CT molecular complexity index is 250. The van der Waals surface area contributed by atoms with Crippen molar-refractivity contribution < 1.29 is 4.74 Å². The Morgan fingerprint density at radius 3 is 2.50 bits per heavy atom. The average Bonchev–Trinajstić information content (AvgIpc) is 2.35. The summed E-state index contributed by atoms with van der Waals surface area (Å²) in [6, 6.07) is 0. The first kappa shape index (κ1) is 9.12. The highest BCUT2D eigenvalue weighted by molar-refractivity contribution is 4.75. The quantitative estimate of drug-likeness (QED) is 0.651. The first-order valence-electron chi connectivity index (χ1n) is 3.82. The van der Waals surface area contributed by atoms with Gasteiger partial charge in [0.2, 0.25) is 0 Å². The smallest absolute Gasteiger partial charge is 0.200 e. The van der Waals surface area contributed by atoms with E-state index in [1.54, 1.807) is 11.9 Å². The van der Waals surface area contributed by atoms with E-state index >= 15 is 0 Å². The molecule has 1 heterocycles. The molecule has 5 nitrogen and oxygen atoms in total. The Morgan fingerprint density at radius 1 is 1.42 bits per heavy atom. The second kappa shape index (κ2) is 3.18. The van der Waals surface area contributed by atoms with Crippen LogP contribution >= 0.6 is 0 Å². The maximum Gasteiger partial charge on any atom is 0.200 e. The van der Waals surface area contributed by atoms with Crippen molar-refractivity contribution in [1.29, 1.82) is 0 Å². The summed E-state index contributed by atoms with van der Waals surface area (Å²) >= 11 is 0. The van der Waals surface area contributed by atoms with E-state index < -0.39 is 0 Å². The van der Waals surface area contributed by atoms with Gasteiger partial charge in [0.1, 0.15) is 6.61 Å². The lowest BCUT2D eigenvalue weighted by Crippen LogP contribution is -2.24. The molecule has 0 amide bonds. The number of tetrazole rings is 1. The van der Waals surface area contributed by atoms with Crippen LogP contribution in [0.15, 0.2) is 0 Å². The fraction of sp³-hybridized carbons (Fsp3) is 0.857. The Balaban J connectivity index is 2.77. The van der Waals surface area contributed by atoms with Gasteiger partial charge in [-0.15, -0.1) is 10.2 Å². The maximum atomic E-state index is 4.88. The number of rotatable bonds is 2. The summed E-state index contributed by atoms with van der Waals surface area (Å²) < 4.78 is 4.88. The lowest BCUT2D eigenvalue weighted by molar-refractivity contribution is 0.176. The van der Waals surface area contributed by atoms with Crippen molar-refractivity contribution >= 4 is 0 Å². The highest BCUT2D eigenvalue weighted by Crippen LogP contribution is 2.08. The summed E-state index contributed by atoms with van der Waals surface area (Å²) in [5.41, 5.74) is -0.112. The Hall–Kier alpha value is -0.970. The van der Waals surface area contributed by atoms with Crippen molar-refractivity contribution in [3.63, 3.8) is 0 Å². The molecule has 0 aliphatic heterocycles. The van der Waals surface area contributed by atoms with Crippen LogP contribution in [0.1, 0.15) is 26.6 Å². The third-order valence-corrected chi connectivity index (χ3v) is 1.33. The predicted molar refractivity (Wildman–Crippen MR) is 43.5 cm³/mol. The van der Waals surface area contributed by atoms with E-state index in [9.17, 15) is 0 Å². The molecule has 0 fully saturated rings. The minimum Gasteiger partial charge on any atom is -0.377 e. The van der Waals surface area contributed by atoms with E-state index in [0.717, 1.165) is 0 Å². The van der Waals surface area contributed by atoms with Crippen LogP contribution in [0.3, 0.4) is 0 Å². The molecular formula is C7H14N4O. The van der Waals surface area contributed by atoms with Gasteiger partial charge in [0.05, 0.1) is 5.54 Å². The van der Waals surface area contributed by atoms with Crippen LogP contribution in [0.2, 0.25) is 0 Å². The van der Waals surface area contributed by atoms with Gasteiger partial charge < -0.3 is 4.74 Å². The van der Waals surface area contributed by atoms with Gasteiger partial charge in [-0.05, 0) is 26.0 Å². The van der Waals surface area contributed by atoms with Crippen LogP contribution in [0, 0.1) is 0 Å². The van der Waals surface area contributed by atoms with Gasteiger partial charge in [0.15, 0.2) is 5.82 Å². The molecule has 0 atom stereocenters. The van der Waals surface area contributed by atoms with Crippen LogP contribution < -0.4 is 0 Å². The highest BCUT2D eigenvalue weighted by Gasteiger charge is 2.16. The van der Waals surface area contributed by atoms with Crippen LogP contribution in [0.5, 0.6) is 0 Å². The lowest BCUT2D eigenvalue weighted by atomic mass is 10.1. The van der Waals surface area contributed by atoms with E-state index in [1.807, 2.05) is 20.8 Å². The van der Waals surface area contributed by atoms with Gasteiger partial charge >= 0.3 is 0 Å². The van der Waals surface area contributed by atoms with Crippen molar-refractivity contribution in [3.8, 4) is 0 Å². The standard InChI is InChI=1S/C7H14N4O/c1-7(2,3)11-9-6(5-12-4)8-10-11/h5H2,1-4H3. The number of ether oxygens (including phenoxy) is 1. The van der Waals surface area contributed by atoms with Crippen molar-refractivity contribution in [2.45, 2.75) is 32.9 Å². The lowest BCUT2D eigenvalue weighted by Gasteiger charge is -2.15. The van der Waals surface area contributed by atoms with E-state index in [0.29, 0.717) is 12.4 Å². The predicted octanol–water partition coefficient (Wildman–Crippen LogP) is 0.574. The summed E-state index contributed by atoms with van der Waals surface area (Å²) in [6.07, 6.45) is 0. The molecule has 0 aliphatic carbocycles. The van der Waals surface area contributed by atoms with Gasteiger partial charge in [-0.25, -0.2) is 0 Å². The summed E-state index contributed by atoms with van der Waals surface area (Å²) in [5.74, 6) is 0.618. The minimum atomic E-state index is -0.112. The zero-order valence-electron chi connectivity index (χ0n) is 7.90. The van der Waals surface area contributed by atoms with Gasteiger partial charge in [0, 0.05) is 7.11 Å². The molecule has 0 bridgehead atoms. The monoisotopic (exact) mass is 170 g/mol. The molecule has 0 aliphatic rings. The molecule has 1 aromatic rings. The van der Waals surface area contributed by atoms with Gasteiger partial charge in [-0.3, -0.25) is 0 Å². The van der Waals surface area contributed by atoms with Crippen LogP contribution in [0.4, 0.5) is 0 Å². The summed E-state index contributed by atoms with van der Waals surface area (Å²) in [7, 11) is 1.61. The third kappa shape index (κ3) is 2.01. The normalized spacial score (nSPS) is 12.0. The minimum absolute atomic E-state index is 0.112. The second-order valence-corrected chi connectivity index (χ2v) is 3.60. The zero-order valence-corrected chi connectivity index (χ0v) is 7.90. The SMILES string of the molecule is COCc1nnn(C(C)(C)C)n1. The molecule has 0 saturated heterocycles. The molecule has 5 heteroatoms. The number of nitrogens with zero attached hydrogens (tertiary/aromatic N) is 4. The molecule has 1 rings (SSSR count). The number of methoxy groups -OCH3 is 1. The fourth-order valence-electron chi connectivity index (χ4n) is 0.714. The van der Waals surface area contributed by atoms with Crippen molar-refractivity contribution in [3.05, 3.63) is 5.82 Å². The molecule has 0 unspecified atom stereocenters. The first-order chi connectivity index (χ1) is 5.54. The molecule has 0 N–H and O–H groups in total. The first-order valence-corrected chi connectivity index (χ1v) is 3.82. The Kier molecular flexibility index (Phi) is 2.42. The molecule has 68 valence electrons. The molecule has 0 radical (unpaired) electrons. The molecule has 0 spiro atoms. The number of aromatic nitrogens is 4. The summed E-state index contributed by atoms with van der Waals surface area (Å²) in [5, 5.41) is 11.9. The Morgan fingerprint density at radius 2 is 2.08 bits per heavy atom. The largest absolute Gasteiger partial charge is 0.377 e. The number of hydrogen-bond donors (Lipinski definition) is 0. The van der Waals surface area contributed by atoms with E-state index in [2.05, 4.69) is 15.4 Å². The average molecular weight is 170 g/mol. The molecule has 1 aromatic heterocycles. The molecular weight excluding hydrogens is 156 g/mol. The highest BCUT2D eigenvalue weighted by atomic mass is 16.5. The van der Waals surface area contributed by atoms with Crippen LogP contribution in [-0.2, 0) is 16.9 Å². The van der Waals surface area contributed by atoms with E-state index in [1.165, 1.54) is 0 Å².